The predicted molar refractivity (Wildman–Crippen MR) is 69.7 cm³/mol. The summed E-state index contributed by atoms with van der Waals surface area (Å²) in [5.41, 5.74) is 0. The molecule has 0 heterocycles. The van der Waals surface area contributed by atoms with E-state index in [1.807, 2.05) is 0 Å². The van der Waals surface area contributed by atoms with Gasteiger partial charge in [0, 0.05) is 19.2 Å². The summed E-state index contributed by atoms with van der Waals surface area (Å²) in [6.45, 7) is 8.30. The van der Waals surface area contributed by atoms with Gasteiger partial charge in [-0.1, -0.05) is 25.7 Å². The fraction of sp³-hybridized carbons (Fsp3) is 1.00. The Morgan fingerprint density at radius 2 is 1.94 bits per heavy atom. The van der Waals surface area contributed by atoms with Gasteiger partial charge in [-0.05, 0) is 39.5 Å². The van der Waals surface area contributed by atoms with Gasteiger partial charge in [0.15, 0.2) is 0 Å². The van der Waals surface area contributed by atoms with Gasteiger partial charge < -0.3 is 10.1 Å². The van der Waals surface area contributed by atoms with Crippen LogP contribution in [0, 0.1) is 5.92 Å². The molecule has 0 radical (unpaired) electrons. The number of nitrogens with one attached hydrogen (secondary N) is 1. The Hall–Kier alpha value is -0.0800. The van der Waals surface area contributed by atoms with Gasteiger partial charge in [0.05, 0.1) is 6.10 Å². The Morgan fingerprint density at radius 3 is 2.56 bits per heavy atom. The average Bonchev–Trinajstić information content (AvgIpc) is 2.77. The third-order valence-electron chi connectivity index (χ3n) is 3.69. The van der Waals surface area contributed by atoms with Crippen molar-refractivity contribution in [2.24, 2.45) is 5.92 Å². The van der Waals surface area contributed by atoms with E-state index in [1.54, 1.807) is 0 Å². The maximum atomic E-state index is 5.51. The molecule has 1 aliphatic carbocycles. The van der Waals surface area contributed by atoms with Crippen LogP contribution in [0.1, 0.15) is 59.3 Å². The molecular weight excluding hydrogens is 198 g/mol. The molecule has 0 aliphatic heterocycles. The fourth-order valence-corrected chi connectivity index (χ4v) is 2.60. The van der Waals surface area contributed by atoms with Gasteiger partial charge in [-0.25, -0.2) is 0 Å². The Kier molecular flexibility index (Phi) is 7.06. The molecule has 0 saturated heterocycles. The fourth-order valence-electron chi connectivity index (χ4n) is 2.60. The Labute approximate surface area is 101 Å². The molecule has 0 bridgehead atoms. The molecule has 0 spiro atoms. The normalized spacial score (nSPS) is 21.2. The molecular formula is C14H29NO. The van der Waals surface area contributed by atoms with Crippen molar-refractivity contribution in [1.82, 2.24) is 5.32 Å². The van der Waals surface area contributed by atoms with Crippen molar-refractivity contribution in [3.8, 4) is 0 Å². The van der Waals surface area contributed by atoms with Gasteiger partial charge in [-0.15, -0.1) is 0 Å². The molecule has 2 atom stereocenters. The first-order valence-corrected chi connectivity index (χ1v) is 7.07. The first kappa shape index (κ1) is 14.0. The molecule has 0 aromatic rings. The first-order valence-electron chi connectivity index (χ1n) is 7.07. The highest BCUT2D eigenvalue weighted by Gasteiger charge is 2.15. The van der Waals surface area contributed by atoms with Gasteiger partial charge >= 0.3 is 0 Å². The summed E-state index contributed by atoms with van der Waals surface area (Å²) in [6.07, 6.45) is 8.96. The van der Waals surface area contributed by atoms with E-state index < -0.39 is 0 Å². The lowest BCUT2D eigenvalue weighted by Gasteiger charge is -2.19. The lowest BCUT2D eigenvalue weighted by molar-refractivity contribution is 0.0740. The summed E-state index contributed by atoms with van der Waals surface area (Å²) in [5, 5.41) is 3.57. The van der Waals surface area contributed by atoms with Crippen LogP contribution in [0.15, 0.2) is 0 Å². The molecule has 1 saturated carbocycles. The van der Waals surface area contributed by atoms with E-state index >= 15 is 0 Å². The molecule has 2 unspecified atom stereocenters. The van der Waals surface area contributed by atoms with E-state index in [-0.39, 0.29) is 0 Å². The molecule has 0 aromatic heterocycles. The Balaban J connectivity index is 1.99. The van der Waals surface area contributed by atoms with Crippen molar-refractivity contribution in [2.75, 3.05) is 13.2 Å². The summed E-state index contributed by atoms with van der Waals surface area (Å²) in [5.74, 6) is 1.02. The van der Waals surface area contributed by atoms with Crippen LogP contribution in [0.25, 0.3) is 0 Å². The smallest absolute Gasteiger partial charge is 0.0671 e. The zero-order valence-electron chi connectivity index (χ0n) is 11.3. The zero-order chi connectivity index (χ0) is 11.8. The first-order chi connectivity index (χ1) is 7.72. The molecule has 1 aliphatic rings. The summed E-state index contributed by atoms with van der Waals surface area (Å²) in [7, 11) is 0. The van der Waals surface area contributed by atoms with Crippen LogP contribution in [0.5, 0.6) is 0 Å². The Bertz CT molecular complexity index is 166. The molecule has 1 rings (SSSR count). The molecule has 96 valence electrons. The van der Waals surface area contributed by atoms with Gasteiger partial charge in [-0.3, -0.25) is 0 Å². The number of ether oxygens (including phenoxy) is 1. The van der Waals surface area contributed by atoms with Crippen LogP contribution in [0.2, 0.25) is 0 Å². The van der Waals surface area contributed by atoms with Crippen LogP contribution in [0.3, 0.4) is 0 Å². The minimum atomic E-state index is 0.346. The second-order valence-corrected chi connectivity index (χ2v) is 5.30. The second kappa shape index (κ2) is 8.08. The highest BCUT2D eigenvalue weighted by Crippen LogP contribution is 2.28. The molecule has 2 nitrogen and oxygen atoms in total. The molecule has 0 aromatic carbocycles. The zero-order valence-corrected chi connectivity index (χ0v) is 11.3. The third kappa shape index (κ3) is 5.86. The van der Waals surface area contributed by atoms with E-state index in [4.69, 9.17) is 4.74 Å². The summed E-state index contributed by atoms with van der Waals surface area (Å²) in [4.78, 5) is 0. The van der Waals surface area contributed by atoms with Crippen LogP contribution >= 0.6 is 0 Å². The van der Waals surface area contributed by atoms with Gasteiger partial charge in [-0.2, -0.15) is 0 Å². The van der Waals surface area contributed by atoms with E-state index in [9.17, 15) is 0 Å². The van der Waals surface area contributed by atoms with E-state index in [2.05, 4.69) is 26.1 Å². The van der Waals surface area contributed by atoms with Gasteiger partial charge in [0.1, 0.15) is 0 Å². The van der Waals surface area contributed by atoms with Gasteiger partial charge in [0.2, 0.25) is 0 Å². The average molecular weight is 227 g/mol. The van der Waals surface area contributed by atoms with Crippen molar-refractivity contribution < 1.29 is 4.74 Å². The van der Waals surface area contributed by atoms with Crippen molar-refractivity contribution >= 4 is 0 Å². The number of rotatable bonds is 8. The SMILES string of the molecule is CCOC(C)CNC(C)CCC1CCCC1. The van der Waals surface area contributed by atoms with Crippen molar-refractivity contribution in [3.63, 3.8) is 0 Å². The maximum absolute atomic E-state index is 5.51. The summed E-state index contributed by atoms with van der Waals surface area (Å²) >= 11 is 0. The highest BCUT2D eigenvalue weighted by atomic mass is 16.5. The summed E-state index contributed by atoms with van der Waals surface area (Å²) in [6, 6.07) is 0.642. The highest BCUT2D eigenvalue weighted by molar-refractivity contribution is 4.71. The van der Waals surface area contributed by atoms with Crippen LogP contribution < -0.4 is 5.32 Å². The molecule has 1 fully saturated rings. The second-order valence-electron chi connectivity index (χ2n) is 5.30. The number of hydrogen-bond donors (Lipinski definition) is 1. The van der Waals surface area contributed by atoms with Crippen molar-refractivity contribution in [2.45, 2.75) is 71.4 Å². The third-order valence-corrected chi connectivity index (χ3v) is 3.69. The van der Waals surface area contributed by atoms with Crippen LogP contribution in [0.4, 0.5) is 0 Å². The molecule has 2 heteroatoms. The van der Waals surface area contributed by atoms with E-state index in [1.165, 1.54) is 38.5 Å². The lowest BCUT2D eigenvalue weighted by atomic mass is 9.99. The molecule has 16 heavy (non-hydrogen) atoms. The van der Waals surface area contributed by atoms with Crippen LogP contribution in [-0.4, -0.2) is 25.3 Å². The van der Waals surface area contributed by atoms with E-state index in [0.717, 1.165) is 19.1 Å². The standard InChI is InChI=1S/C14H29NO/c1-4-16-13(3)11-15-12(2)9-10-14-7-5-6-8-14/h12-15H,4-11H2,1-3H3. The monoisotopic (exact) mass is 227 g/mol. The Morgan fingerprint density at radius 1 is 1.25 bits per heavy atom. The molecule has 0 amide bonds. The van der Waals surface area contributed by atoms with Gasteiger partial charge in [0.25, 0.3) is 0 Å². The van der Waals surface area contributed by atoms with Crippen molar-refractivity contribution in [1.29, 1.82) is 0 Å². The minimum absolute atomic E-state index is 0.346. The topological polar surface area (TPSA) is 21.3 Å². The molecule has 1 N–H and O–H groups in total. The maximum Gasteiger partial charge on any atom is 0.0671 e. The predicted octanol–water partition coefficient (Wildman–Crippen LogP) is 3.36. The largest absolute Gasteiger partial charge is 0.377 e. The van der Waals surface area contributed by atoms with E-state index in [0.29, 0.717) is 12.1 Å². The van der Waals surface area contributed by atoms with Crippen LogP contribution in [-0.2, 0) is 4.74 Å². The number of hydrogen-bond acceptors (Lipinski definition) is 2. The quantitative estimate of drug-likeness (QED) is 0.686. The minimum Gasteiger partial charge on any atom is -0.377 e. The van der Waals surface area contributed by atoms with Crippen molar-refractivity contribution in [3.05, 3.63) is 0 Å². The summed E-state index contributed by atoms with van der Waals surface area (Å²) < 4.78 is 5.51. The lowest BCUT2D eigenvalue weighted by Crippen LogP contribution is -2.34.